The lowest BCUT2D eigenvalue weighted by Gasteiger charge is -2.33. The smallest absolute Gasteiger partial charge is 0.219 e. The Bertz CT molecular complexity index is 1080. The number of likely N-dealkylation sites (tertiary alicyclic amines) is 1. The lowest BCUT2D eigenvalue weighted by atomic mass is 10.1. The number of rotatable bonds is 3. The number of hydrogen-bond donors (Lipinski definition) is 2. The fourth-order valence-corrected chi connectivity index (χ4v) is 3.56. The molecule has 3 aromatic heterocycles. The van der Waals surface area contributed by atoms with E-state index in [1.807, 2.05) is 17.0 Å². The second kappa shape index (κ2) is 7.19. The van der Waals surface area contributed by atoms with Crippen LogP contribution in [-0.2, 0) is 4.79 Å². The van der Waals surface area contributed by atoms with Crippen molar-refractivity contribution < 1.29 is 4.79 Å². The van der Waals surface area contributed by atoms with Gasteiger partial charge in [0, 0.05) is 37.8 Å². The number of carbonyl (C=O) groups excluding carboxylic acids is 1. The van der Waals surface area contributed by atoms with Gasteiger partial charge in [-0.25, -0.2) is 9.50 Å². The monoisotopic (exact) mass is 375 g/mol. The van der Waals surface area contributed by atoms with Crippen molar-refractivity contribution in [1.29, 1.82) is 5.26 Å². The predicted molar refractivity (Wildman–Crippen MR) is 106 cm³/mol. The second-order valence-electron chi connectivity index (χ2n) is 7.00. The van der Waals surface area contributed by atoms with Crippen molar-refractivity contribution in [3.63, 3.8) is 0 Å². The van der Waals surface area contributed by atoms with Gasteiger partial charge in [-0.15, -0.1) is 0 Å². The second-order valence-corrected chi connectivity index (χ2v) is 7.00. The van der Waals surface area contributed by atoms with E-state index in [1.54, 1.807) is 36.0 Å². The third-order valence-electron chi connectivity index (χ3n) is 5.06. The van der Waals surface area contributed by atoms with Gasteiger partial charge in [0.1, 0.15) is 5.82 Å². The normalized spacial score (nSPS) is 16.7. The largest absolute Gasteiger partial charge is 0.396 e. The summed E-state index contributed by atoms with van der Waals surface area (Å²) in [7, 11) is 0. The molecule has 1 amide bonds. The maximum absolute atomic E-state index is 11.7. The molecule has 1 atom stereocenters. The number of nitrogens with zero attached hydrogens (tertiary/aromatic N) is 5. The summed E-state index contributed by atoms with van der Waals surface area (Å²) in [6.45, 7) is 3.03. The highest BCUT2D eigenvalue weighted by Gasteiger charge is 2.22. The summed E-state index contributed by atoms with van der Waals surface area (Å²) in [6.07, 6.45) is 5.39. The molecule has 1 aliphatic heterocycles. The van der Waals surface area contributed by atoms with Crippen molar-refractivity contribution in [2.75, 3.05) is 24.1 Å². The van der Waals surface area contributed by atoms with Gasteiger partial charge in [0.25, 0.3) is 0 Å². The van der Waals surface area contributed by atoms with Gasteiger partial charge in [-0.1, -0.05) is 0 Å². The van der Waals surface area contributed by atoms with Crippen LogP contribution < -0.4 is 11.1 Å². The molecule has 4 rings (SSSR count). The fraction of sp³-hybridized carbons (Fsp3) is 0.300. The van der Waals surface area contributed by atoms with Gasteiger partial charge in [-0.3, -0.25) is 4.79 Å². The Labute approximate surface area is 162 Å². The first-order valence-corrected chi connectivity index (χ1v) is 9.21. The van der Waals surface area contributed by atoms with Crippen LogP contribution >= 0.6 is 0 Å². The summed E-state index contributed by atoms with van der Waals surface area (Å²) < 4.78 is 1.72. The number of hydrogen-bond acceptors (Lipinski definition) is 6. The zero-order chi connectivity index (χ0) is 19.7. The number of nitrogens with one attached hydrogen (secondary N) is 1. The van der Waals surface area contributed by atoms with Crippen LogP contribution in [0.1, 0.15) is 25.3 Å². The van der Waals surface area contributed by atoms with Gasteiger partial charge in [0.15, 0.2) is 0 Å². The molecule has 1 unspecified atom stereocenters. The van der Waals surface area contributed by atoms with Crippen molar-refractivity contribution in [2.24, 2.45) is 0 Å². The zero-order valence-electron chi connectivity index (χ0n) is 15.6. The van der Waals surface area contributed by atoms with Crippen molar-refractivity contribution in [3.8, 4) is 17.3 Å². The van der Waals surface area contributed by atoms with Crippen molar-refractivity contribution >= 4 is 22.9 Å². The molecule has 8 nitrogen and oxygen atoms in total. The van der Waals surface area contributed by atoms with Gasteiger partial charge in [0.05, 0.1) is 34.7 Å². The maximum Gasteiger partial charge on any atom is 0.219 e. The van der Waals surface area contributed by atoms with Crippen LogP contribution in [0.25, 0.3) is 16.8 Å². The van der Waals surface area contributed by atoms with Crippen molar-refractivity contribution in [3.05, 3.63) is 42.2 Å². The van der Waals surface area contributed by atoms with E-state index in [-0.39, 0.29) is 11.9 Å². The number of fused-ring (bicyclic) bond motifs is 1. The van der Waals surface area contributed by atoms with E-state index in [4.69, 9.17) is 16.0 Å². The summed E-state index contributed by atoms with van der Waals surface area (Å²) in [4.78, 5) is 18.2. The van der Waals surface area contributed by atoms with Crippen LogP contribution in [0.15, 0.2) is 36.7 Å². The third-order valence-corrected chi connectivity index (χ3v) is 5.06. The molecule has 1 saturated heterocycles. The molecule has 0 aromatic carbocycles. The predicted octanol–water partition coefficient (Wildman–Crippen LogP) is 2.27. The number of piperidine rings is 1. The average molecular weight is 375 g/mol. The highest BCUT2D eigenvalue weighted by molar-refractivity contribution is 5.80. The Hall–Kier alpha value is -3.60. The number of nitrogens with two attached hydrogens (primary N) is 1. The van der Waals surface area contributed by atoms with Crippen LogP contribution in [0.4, 0.5) is 11.5 Å². The lowest BCUT2D eigenvalue weighted by Crippen LogP contribution is -2.44. The van der Waals surface area contributed by atoms with Crippen molar-refractivity contribution in [2.45, 2.75) is 25.8 Å². The minimum Gasteiger partial charge on any atom is -0.396 e. The van der Waals surface area contributed by atoms with Gasteiger partial charge in [0.2, 0.25) is 5.91 Å². The molecule has 4 heterocycles. The maximum atomic E-state index is 11.7. The summed E-state index contributed by atoms with van der Waals surface area (Å²) >= 11 is 0. The number of carbonyl (C=O) groups is 1. The number of amides is 1. The van der Waals surface area contributed by atoms with Crippen LogP contribution in [0.5, 0.6) is 0 Å². The summed E-state index contributed by atoms with van der Waals surface area (Å²) in [5.41, 5.74) is 9.62. The minimum atomic E-state index is 0.0841. The van der Waals surface area contributed by atoms with Crippen LogP contribution in [0.2, 0.25) is 0 Å². The Balaban J connectivity index is 1.65. The summed E-state index contributed by atoms with van der Waals surface area (Å²) in [5, 5.41) is 16.9. The Morgan fingerprint density at radius 3 is 3.04 bits per heavy atom. The van der Waals surface area contributed by atoms with Gasteiger partial charge in [-0.05, 0) is 37.1 Å². The quantitative estimate of drug-likeness (QED) is 0.726. The van der Waals surface area contributed by atoms with Crippen LogP contribution in [0, 0.1) is 11.3 Å². The fourth-order valence-electron chi connectivity index (χ4n) is 3.56. The van der Waals surface area contributed by atoms with Gasteiger partial charge >= 0.3 is 0 Å². The molecule has 3 N–H and O–H groups in total. The zero-order valence-corrected chi connectivity index (χ0v) is 15.6. The van der Waals surface area contributed by atoms with E-state index in [9.17, 15) is 4.79 Å². The SMILES string of the molecule is CC(=O)N1CCCC(Nc2nc(-c3cnn4ccc(C#N)cc34)ccc2N)C1. The van der Waals surface area contributed by atoms with E-state index in [2.05, 4.69) is 16.5 Å². The first-order valence-electron chi connectivity index (χ1n) is 9.21. The average Bonchev–Trinajstić information content (AvgIpc) is 3.13. The molecule has 0 bridgehead atoms. The Morgan fingerprint density at radius 1 is 1.39 bits per heavy atom. The molecule has 0 radical (unpaired) electrons. The number of pyridine rings is 2. The summed E-state index contributed by atoms with van der Waals surface area (Å²) in [5.74, 6) is 0.685. The molecule has 1 fully saturated rings. The summed E-state index contributed by atoms with van der Waals surface area (Å²) in [6, 6.07) is 9.43. The molecule has 8 heteroatoms. The highest BCUT2D eigenvalue weighted by Crippen LogP contribution is 2.28. The Kier molecular flexibility index (Phi) is 4.57. The molecule has 0 spiro atoms. The van der Waals surface area contributed by atoms with Crippen molar-refractivity contribution in [1.82, 2.24) is 19.5 Å². The van der Waals surface area contributed by atoms with E-state index in [0.29, 0.717) is 23.6 Å². The molecule has 3 aromatic rings. The van der Waals surface area contributed by atoms with Gasteiger partial charge < -0.3 is 16.0 Å². The molecular formula is C20H21N7O. The third kappa shape index (κ3) is 3.34. The first kappa shape index (κ1) is 17.8. The van der Waals surface area contributed by atoms with Crippen LogP contribution in [-0.4, -0.2) is 44.5 Å². The highest BCUT2D eigenvalue weighted by atomic mass is 16.2. The molecule has 0 saturated carbocycles. The van der Waals surface area contributed by atoms with E-state index in [1.165, 1.54) is 0 Å². The first-order chi connectivity index (χ1) is 13.5. The molecular weight excluding hydrogens is 354 g/mol. The number of aromatic nitrogens is 3. The molecule has 142 valence electrons. The minimum absolute atomic E-state index is 0.0841. The lowest BCUT2D eigenvalue weighted by molar-refractivity contribution is -0.129. The number of nitrogen functional groups attached to an aromatic ring is 1. The molecule has 28 heavy (non-hydrogen) atoms. The topological polar surface area (TPSA) is 112 Å². The molecule has 1 aliphatic rings. The van der Waals surface area contributed by atoms with E-state index in [0.717, 1.165) is 36.2 Å². The standard InChI is InChI=1S/C20H21N7O/c1-13(28)26-7-2-3-15(12-26)24-20-17(22)4-5-18(25-20)16-11-23-27-8-6-14(10-21)9-19(16)27/h4-6,8-9,11,15H,2-3,7,12,22H2,1H3,(H,24,25). The van der Waals surface area contributed by atoms with Crippen LogP contribution in [0.3, 0.4) is 0 Å². The molecule has 0 aliphatic carbocycles. The van der Waals surface area contributed by atoms with E-state index < -0.39 is 0 Å². The Morgan fingerprint density at radius 2 is 2.25 bits per heavy atom. The number of anilines is 2. The van der Waals surface area contributed by atoms with E-state index >= 15 is 0 Å². The van der Waals surface area contributed by atoms with Gasteiger partial charge in [-0.2, -0.15) is 10.4 Å². The number of nitriles is 1.